The van der Waals surface area contributed by atoms with Crippen molar-refractivity contribution >= 4 is 66.0 Å². The highest BCUT2D eigenvalue weighted by molar-refractivity contribution is 6.15. The molecule has 0 saturated carbocycles. The van der Waals surface area contributed by atoms with Crippen LogP contribution in [0.5, 0.6) is 0 Å². The lowest BCUT2D eigenvalue weighted by Gasteiger charge is -2.11. The number of furan rings is 2. The third-order valence-electron chi connectivity index (χ3n) is 6.02. The van der Waals surface area contributed by atoms with Gasteiger partial charge < -0.3 is 18.6 Å². The van der Waals surface area contributed by atoms with Gasteiger partial charge in [-0.3, -0.25) is 0 Å². The number of anilines is 2. The van der Waals surface area contributed by atoms with Crippen LogP contribution in [0.1, 0.15) is 0 Å². The quantitative estimate of drug-likeness (QED) is 0.324. The van der Waals surface area contributed by atoms with Gasteiger partial charge in [0.1, 0.15) is 22.3 Å². The minimum absolute atomic E-state index is 0.912. The van der Waals surface area contributed by atoms with E-state index in [2.05, 4.69) is 70.5 Å². The second-order valence-electron chi connectivity index (χ2n) is 8.40. The lowest BCUT2D eigenvalue weighted by atomic mass is 10.0. The Balaban J connectivity index is 1.62. The molecule has 0 fully saturated rings. The van der Waals surface area contributed by atoms with Crippen LogP contribution in [0.2, 0.25) is 0 Å². The molecule has 148 valence electrons. The van der Waals surface area contributed by atoms with Gasteiger partial charge in [-0.15, -0.1) is 0 Å². The summed E-state index contributed by atoms with van der Waals surface area (Å²) < 4.78 is 12.4. The molecule has 0 atom stereocenters. The Hall–Kier alpha value is -3.66. The Bertz CT molecular complexity index is 1480. The number of nitrogens with zero attached hydrogens (tertiary/aromatic N) is 2. The maximum absolute atomic E-state index is 6.22. The highest BCUT2D eigenvalue weighted by Gasteiger charge is 2.13. The van der Waals surface area contributed by atoms with Crippen LogP contribution in [0, 0.1) is 0 Å². The zero-order valence-electron chi connectivity index (χ0n) is 17.5. The van der Waals surface area contributed by atoms with Crippen LogP contribution >= 0.6 is 0 Å². The molecule has 6 aromatic rings. The maximum Gasteiger partial charge on any atom is 0.137 e. The Morgan fingerprint density at radius 3 is 1.27 bits per heavy atom. The highest BCUT2D eigenvalue weighted by Crippen LogP contribution is 2.38. The number of hydrogen-bond acceptors (Lipinski definition) is 4. The molecule has 0 N–H and O–H groups in total. The molecule has 0 amide bonds. The third kappa shape index (κ3) is 2.40. The molecule has 0 aliphatic rings. The number of hydrogen-bond donors (Lipinski definition) is 0. The predicted molar refractivity (Wildman–Crippen MR) is 127 cm³/mol. The first-order valence-electron chi connectivity index (χ1n) is 10.1. The molecule has 0 bridgehead atoms. The first-order valence-corrected chi connectivity index (χ1v) is 10.1. The van der Waals surface area contributed by atoms with Gasteiger partial charge in [0.05, 0.1) is 0 Å². The molecule has 4 aromatic carbocycles. The van der Waals surface area contributed by atoms with Crippen molar-refractivity contribution in [2.24, 2.45) is 0 Å². The van der Waals surface area contributed by atoms with Gasteiger partial charge in [-0.25, -0.2) is 0 Å². The van der Waals surface area contributed by atoms with Crippen LogP contribution in [0.15, 0.2) is 69.5 Å². The molecule has 0 aliphatic heterocycles. The van der Waals surface area contributed by atoms with Crippen molar-refractivity contribution in [2.75, 3.05) is 38.0 Å². The number of fused-ring (bicyclic) bond motifs is 7. The number of rotatable bonds is 2. The van der Waals surface area contributed by atoms with Gasteiger partial charge in [0.25, 0.3) is 0 Å². The van der Waals surface area contributed by atoms with Crippen LogP contribution in [0.3, 0.4) is 0 Å². The zero-order chi connectivity index (χ0) is 20.6. The summed E-state index contributed by atoms with van der Waals surface area (Å²) in [4.78, 5) is 4.17. The van der Waals surface area contributed by atoms with Crippen molar-refractivity contribution in [2.45, 2.75) is 0 Å². The molecule has 0 unspecified atom stereocenters. The molecule has 0 aliphatic carbocycles. The first-order chi connectivity index (χ1) is 14.5. The van der Waals surface area contributed by atoms with E-state index in [-0.39, 0.29) is 0 Å². The Kier molecular flexibility index (Phi) is 3.40. The fourth-order valence-corrected chi connectivity index (χ4v) is 4.33. The minimum atomic E-state index is 0.912. The van der Waals surface area contributed by atoms with Gasteiger partial charge >= 0.3 is 0 Å². The van der Waals surface area contributed by atoms with E-state index in [4.69, 9.17) is 8.83 Å². The molecule has 4 heteroatoms. The largest absolute Gasteiger partial charge is 0.456 e. The summed E-state index contributed by atoms with van der Waals surface area (Å²) in [6.45, 7) is 0. The van der Waals surface area contributed by atoms with Crippen molar-refractivity contribution in [3.05, 3.63) is 60.7 Å². The van der Waals surface area contributed by atoms with E-state index >= 15 is 0 Å². The van der Waals surface area contributed by atoms with Gasteiger partial charge in [-0.1, -0.05) is 0 Å². The molecule has 30 heavy (non-hydrogen) atoms. The molecule has 2 heterocycles. The fourth-order valence-electron chi connectivity index (χ4n) is 4.33. The average Bonchev–Trinajstić information content (AvgIpc) is 3.26. The summed E-state index contributed by atoms with van der Waals surface area (Å²) >= 11 is 0. The summed E-state index contributed by atoms with van der Waals surface area (Å²) in [5.74, 6) is 0. The van der Waals surface area contributed by atoms with Crippen LogP contribution < -0.4 is 9.80 Å². The monoisotopic (exact) mass is 394 g/mol. The van der Waals surface area contributed by atoms with Gasteiger partial charge in [0.2, 0.25) is 0 Å². The summed E-state index contributed by atoms with van der Waals surface area (Å²) in [5, 5.41) is 6.85. The van der Waals surface area contributed by atoms with E-state index in [1.165, 1.54) is 0 Å². The molecule has 6 rings (SSSR count). The summed E-state index contributed by atoms with van der Waals surface area (Å²) in [6, 6.07) is 21.5. The van der Waals surface area contributed by atoms with E-state index in [1.807, 2.05) is 28.2 Å². The molecular weight excluding hydrogens is 372 g/mol. The van der Waals surface area contributed by atoms with Crippen molar-refractivity contribution < 1.29 is 8.83 Å². The van der Waals surface area contributed by atoms with Crippen LogP contribution in [0.25, 0.3) is 54.6 Å². The van der Waals surface area contributed by atoms with E-state index in [9.17, 15) is 0 Å². The fraction of sp³-hybridized carbons (Fsp3) is 0.154. The first kappa shape index (κ1) is 17.2. The van der Waals surface area contributed by atoms with Crippen molar-refractivity contribution in [3.63, 3.8) is 0 Å². The van der Waals surface area contributed by atoms with Gasteiger partial charge in [0.15, 0.2) is 0 Å². The van der Waals surface area contributed by atoms with E-state index in [0.717, 1.165) is 66.0 Å². The standard InChI is InChI=1S/C26H22N2O2/c1-27(2)17-5-7-19-21-9-15-12-24-22(10-16(15)11-23(21)29-25(19)13-17)20-8-6-18(28(3)4)14-26(20)30-24/h5-14H,1-4H3. The number of benzene rings is 4. The van der Waals surface area contributed by atoms with Crippen LogP contribution in [-0.4, -0.2) is 28.2 Å². The van der Waals surface area contributed by atoms with Crippen LogP contribution in [-0.2, 0) is 0 Å². The SMILES string of the molecule is CN(C)c1ccc2c(c1)oc1cc3cc4c(cc3cc12)oc1cc(N(C)C)ccc14. The topological polar surface area (TPSA) is 32.8 Å². The third-order valence-corrected chi connectivity index (χ3v) is 6.02. The molecule has 0 saturated heterocycles. The van der Waals surface area contributed by atoms with Crippen molar-refractivity contribution in [1.82, 2.24) is 0 Å². The minimum Gasteiger partial charge on any atom is -0.456 e. The Morgan fingerprint density at radius 1 is 0.467 bits per heavy atom. The molecular formula is C26H22N2O2. The molecule has 2 aromatic heterocycles. The average molecular weight is 394 g/mol. The van der Waals surface area contributed by atoms with Gasteiger partial charge in [-0.05, 0) is 59.3 Å². The predicted octanol–water partition coefficient (Wildman–Crippen LogP) is 6.77. The van der Waals surface area contributed by atoms with Gasteiger partial charge in [-0.2, -0.15) is 0 Å². The normalized spacial score (nSPS) is 12.0. The second-order valence-corrected chi connectivity index (χ2v) is 8.40. The van der Waals surface area contributed by atoms with E-state index < -0.39 is 0 Å². The lowest BCUT2D eigenvalue weighted by Crippen LogP contribution is -2.07. The Labute approximate surface area is 173 Å². The van der Waals surface area contributed by atoms with Crippen molar-refractivity contribution in [1.29, 1.82) is 0 Å². The van der Waals surface area contributed by atoms with E-state index in [1.54, 1.807) is 0 Å². The zero-order valence-corrected chi connectivity index (χ0v) is 17.5. The summed E-state index contributed by atoms with van der Waals surface area (Å²) in [6.07, 6.45) is 0. The lowest BCUT2D eigenvalue weighted by molar-refractivity contribution is 0.668. The maximum atomic E-state index is 6.22. The second kappa shape index (κ2) is 5.92. The van der Waals surface area contributed by atoms with Crippen molar-refractivity contribution in [3.8, 4) is 0 Å². The summed E-state index contributed by atoms with van der Waals surface area (Å²) in [7, 11) is 8.16. The van der Waals surface area contributed by atoms with Gasteiger partial charge in [0, 0.05) is 73.2 Å². The summed E-state index contributed by atoms with van der Waals surface area (Å²) in [5.41, 5.74) is 5.92. The van der Waals surface area contributed by atoms with Crippen LogP contribution in [0.4, 0.5) is 11.4 Å². The highest BCUT2D eigenvalue weighted by atomic mass is 16.3. The molecule has 4 nitrogen and oxygen atoms in total. The molecule has 0 radical (unpaired) electrons. The smallest absolute Gasteiger partial charge is 0.137 e. The Morgan fingerprint density at radius 2 is 0.867 bits per heavy atom. The van der Waals surface area contributed by atoms with E-state index in [0.29, 0.717) is 0 Å². The molecule has 0 spiro atoms.